The molecule has 1 unspecified atom stereocenters. The minimum absolute atomic E-state index is 0.227. The Hall–Kier alpha value is -3.53. The van der Waals surface area contributed by atoms with Crippen LogP contribution in [0, 0.1) is 0 Å². The predicted molar refractivity (Wildman–Crippen MR) is 169 cm³/mol. The molecular weight excluding hydrogens is 526 g/mol. The summed E-state index contributed by atoms with van der Waals surface area (Å²) in [5.74, 6) is 0.862. The molecule has 1 aliphatic rings. The van der Waals surface area contributed by atoms with Crippen LogP contribution in [0.15, 0.2) is 67.1 Å². The highest BCUT2D eigenvalue weighted by atomic mass is 28.4. The van der Waals surface area contributed by atoms with E-state index in [-0.39, 0.29) is 5.04 Å². The first-order chi connectivity index (χ1) is 19.6. The van der Waals surface area contributed by atoms with E-state index in [1.54, 1.807) is 6.33 Å². The van der Waals surface area contributed by atoms with Gasteiger partial charge in [-0.05, 0) is 54.4 Å². The zero-order chi connectivity index (χ0) is 28.8. The largest absolute Gasteiger partial charge is 0.416 e. The Morgan fingerprint density at radius 3 is 2.66 bits per heavy atom. The van der Waals surface area contributed by atoms with E-state index in [4.69, 9.17) is 15.3 Å². The highest BCUT2D eigenvalue weighted by Crippen LogP contribution is 2.38. The van der Waals surface area contributed by atoms with E-state index in [2.05, 4.69) is 104 Å². The Balaban J connectivity index is 1.24. The number of hydrogen-bond donors (Lipinski definition) is 1. The van der Waals surface area contributed by atoms with Crippen molar-refractivity contribution in [1.82, 2.24) is 29.3 Å². The standard InChI is InChI=1S/C32H41N7OSi/c1-32(2,3)41(4,5)40-16-15-37-14-13-26(20-37)29-18-27(30-31(33)34-22-35-39(29)30)24-11-12-25-21-38(36-28(25)17-24)19-23-9-7-6-8-10-23/h6-12,17-18,21-22,26H,13-16,19-20H2,1-5H3,(H2,33,34,35). The van der Waals surface area contributed by atoms with Gasteiger partial charge in [-0.3, -0.25) is 4.68 Å². The Morgan fingerprint density at radius 2 is 1.88 bits per heavy atom. The summed E-state index contributed by atoms with van der Waals surface area (Å²) in [4.78, 5) is 6.87. The maximum absolute atomic E-state index is 6.46. The normalized spacial score (nSPS) is 16.8. The van der Waals surface area contributed by atoms with Crippen molar-refractivity contribution in [2.45, 2.75) is 57.8 Å². The van der Waals surface area contributed by atoms with Crippen molar-refractivity contribution < 1.29 is 4.43 Å². The smallest absolute Gasteiger partial charge is 0.192 e. The average Bonchev–Trinajstić information content (AvgIpc) is 3.65. The van der Waals surface area contributed by atoms with Crippen LogP contribution in [-0.2, 0) is 11.0 Å². The molecule has 41 heavy (non-hydrogen) atoms. The molecule has 0 bridgehead atoms. The quantitative estimate of drug-likeness (QED) is 0.225. The van der Waals surface area contributed by atoms with Gasteiger partial charge in [0.2, 0.25) is 0 Å². The molecule has 0 amide bonds. The highest BCUT2D eigenvalue weighted by molar-refractivity contribution is 6.74. The maximum atomic E-state index is 6.46. The van der Waals surface area contributed by atoms with Gasteiger partial charge in [0.1, 0.15) is 11.8 Å². The third-order valence-electron chi connectivity index (χ3n) is 9.03. The lowest BCUT2D eigenvalue weighted by atomic mass is 10.0. The lowest BCUT2D eigenvalue weighted by molar-refractivity contribution is 0.221. The van der Waals surface area contributed by atoms with Crippen molar-refractivity contribution in [1.29, 1.82) is 0 Å². The van der Waals surface area contributed by atoms with Crippen LogP contribution in [0.3, 0.4) is 0 Å². The van der Waals surface area contributed by atoms with Gasteiger partial charge in [0.15, 0.2) is 14.1 Å². The highest BCUT2D eigenvalue weighted by Gasteiger charge is 2.37. The van der Waals surface area contributed by atoms with Crippen molar-refractivity contribution in [2.24, 2.45) is 0 Å². The van der Waals surface area contributed by atoms with Crippen molar-refractivity contribution in [3.63, 3.8) is 0 Å². The molecule has 8 nitrogen and oxygen atoms in total. The van der Waals surface area contributed by atoms with Crippen LogP contribution >= 0.6 is 0 Å². The predicted octanol–water partition coefficient (Wildman–Crippen LogP) is 6.19. The van der Waals surface area contributed by atoms with Crippen LogP contribution in [0.25, 0.3) is 27.5 Å². The lowest BCUT2D eigenvalue weighted by Gasteiger charge is -2.36. The molecule has 0 spiro atoms. The average molecular weight is 568 g/mol. The Morgan fingerprint density at radius 1 is 1.07 bits per heavy atom. The topological polar surface area (TPSA) is 86.5 Å². The summed E-state index contributed by atoms with van der Waals surface area (Å²) in [6.07, 6.45) is 4.75. The number of fused-ring (bicyclic) bond motifs is 2. The van der Waals surface area contributed by atoms with Gasteiger partial charge < -0.3 is 15.1 Å². The van der Waals surface area contributed by atoms with Gasteiger partial charge in [-0.25, -0.2) is 9.50 Å². The summed E-state index contributed by atoms with van der Waals surface area (Å²) in [5, 5.41) is 10.9. The SMILES string of the molecule is CC(C)(C)[Si](C)(C)OCCN1CCC(c2cc(-c3ccc4cn(Cc5ccccc5)nc4c3)c3c(N)ncnn23)C1. The molecule has 1 saturated heterocycles. The molecule has 2 N–H and O–H groups in total. The number of hydrogen-bond acceptors (Lipinski definition) is 6. The monoisotopic (exact) mass is 567 g/mol. The summed E-state index contributed by atoms with van der Waals surface area (Å²) in [6, 6.07) is 19.1. The van der Waals surface area contributed by atoms with Gasteiger partial charge in [0.05, 0.1) is 12.1 Å². The molecule has 6 rings (SSSR count). The summed E-state index contributed by atoms with van der Waals surface area (Å²) in [7, 11) is -1.74. The second kappa shape index (κ2) is 10.7. The molecule has 1 aliphatic heterocycles. The number of nitrogens with two attached hydrogens (primary N) is 1. The van der Waals surface area contributed by atoms with E-state index >= 15 is 0 Å². The van der Waals surface area contributed by atoms with Crippen LogP contribution in [-0.4, -0.2) is 63.8 Å². The van der Waals surface area contributed by atoms with E-state index in [0.29, 0.717) is 11.7 Å². The minimum atomic E-state index is -1.74. The fraction of sp³-hybridized carbons (Fsp3) is 0.406. The molecule has 1 atom stereocenters. The van der Waals surface area contributed by atoms with E-state index in [1.165, 1.54) is 11.3 Å². The maximum Gasteiger partial charge on any atom is 0.192 e. The molecule has 4 heterocycles. The molecule has 214 valence electrons. The minimum Gasteiger partial charge on any atom is -0.416 e. The third kappa shape index (κ3) is 5.54. The second-order valence-electron chi connectivity index (χ2n) is 12.9. The molecule has 1 fully saturated rings. The fourth-order valence-corrected chi connectivity index (χ4v) is 6.65. The van der Waals surface area contributed by atoms with Gasteiger partial charge in [0.25, 0.3) is 0 Å². The fourth-order valence-electron chi connectivity index (χ4n) is 5.61. The van der Waals surface area contributed by atoms with Crippen molar-refractivity contribution >= 4 is 30.6 Å². The molecule has 9 heteroatoms. The molecule has 3 aromatic heterocycles. The molecule has 0 saturated carbocycles. The van der Waals surface area contributed by atoms with E-state index in [1.807, 2.05) is 15.3 Å². The zero-order valence-electron chi connectivity index (χ0n) is 24.8. The molecule has 5 aromatic rings. The van der Waals surface area contributed by atoms with Crippen LogP contribution in [0.4, 0.5) is 5.82 Å². The summed E-state index contributed by atoms with van der Waals surface area (Å²) < 4.78 is 10.5. The number of nitrogen functional groups attached to an aromatic ring is 1. The molecule has 0 aliphatic carbocycles. The van der Waals surface area contributed by atoms with Gasteiger partial charge in [-0.2, -0.15) is 10.2 Å². The van der Waals surface area contributed by atoms with Gasteiger partial charge in [-0.15, -0.1) is 0 Å². The van der Waals surface area contributed by atoms with Crippen molar-refractivity contribution in [3.8, 4) is 11.1 Å². The van der Waals surface area contributed by atoms with Crippen molar-refractivity contribution in [2.75, 3.05) is 32.0 Å². The Bertz CT molecular complexity index is 1670. The van der Waals surface area contributed by atoms with Crippen molar-refractivity contribution in [3.05, 3.63) is 78.4 Å². The van der Waals surface area contributed by atoms with Gasteiger partial charge in [0, 0.05) is 48.5 Å². The van der Waals surface area contributed by atoms with Gasteiger partial charge >= 0.3 is 0 Å². The lowest BCUT2D eigenvalue weighted by Crippen LogP contribution is -2.42. The summed E-state index contributed by atoms with van der Waals surface area (Å²) in [5.41, 5.74) is 12.8. The molecular formula is C32H41N7OSi. The van der Waals surface area contributed by atoms with E-state index in [0.717, 1.165) is 66.8 Å². The first kappa shape index (κ1) is 27.6. The van der Waals surface area contributed by atoms with E-state index < -0.39 is 8.32 Å². The summed E-state index contributed by atoms with van der Waals surface area (Å²) in [6.45, 7) is 16.1. The third-order valence-corrected chi connectivity index (χ3v) is 13.6. The Labute approximate surface area is 243 Å². The van der Waals surface area contributed by atoms with Crippen LogP contribution in [0.2, 0.25) is 18.1 Å². The number of aromatic nitrogens is 5. The number of rotatable bonds is 8. The first-order valence-electron chi connectivity index (χ1n) is 14.6. The summed E-state index contributed by atoms with van der Waals surface area (Å²) >= 11 is 0. The zero-order valence-corrected chi connectivity index (χ0v) is 25.8. The Kier molecular flexibility index (Phi) is 7.21. The number of nitrogens with zero attached hydrogens (tertiary/aromatic N) is 6. The van der Waals surface area contributed by atoms with Crippen LogP contribution in [0.5, 0.6) is 0 Å². The number of anilines is 1. The van der Waals surface area contributed by atoms with Crippen LogP contribution < -0.4 is 5.73 Å². The first-order valence-corrected chi connectivity index (χ1v) is 17.5. The second-order valence-corrected chi connectivity index (χ2v) is 17.7. The molecule has 2 aromatic carbocycles. The molecule has 0 radical (unpaired) electrons. The van der Waals surface area contributed by atoms with E-state index in [9.17, 15) is 0 Å². The van der Waals surface area contributed by atoms with Gasteiger partial charge in [-0.1, -0.05) is 63.2 Å². The van der Waals surface area contributed by atoms with Crippen LogP contribution in [0.1, 0.15) is 44.4 Å². The number of benzene rings is 2. The number of likely N-dealkylation sites (tertiary alicyclic amines) is 1.